The van der Waals surface area contributed by atoms with Crippen molar-refractivity contribution in [2.45, 2.75) is 31.8 Å². The van der Waals surface area contributed by atoms with Gasteiger partial charge in [-0.05, 0) is 12.5 Å². The molecule has 24 heavy (non-hydrogen) atoms. The first-order chi connectivity index (χ1) is 11.2. The van der Waals surface area contributed by atoms with Crippen LogP contribution in [-0.2, 0) is 19.2 Å². The van der Waals surface area contributed by atoms with Crippen LogP contribution in [0.5, 0.6) is 0 Å². The number of amides is 4. The number of nitrogens with one attached hydrogen (secondary N) is 1. The van der Waals surface area contributed by atoms with Gasteiger partial charge >= 0.3 is 18.4 Å². The summed E-state index contributed by atoms with van der Waals surface area (Å²) < 4.78 is 13.2. The van der Waals surface area contributed by atoms with Crippen LogP contribution in [0.15, 0.2) is 11.6 Å². The van der Waals surface area contributed by atoms with Crippen molar-refractivity contribution in [3.63, 3.8) is 0 Å². The predicted molar refractivity (Wildman–Crippen MR) is 75.7 cm³/mol. The zero-order valence-electron chi connectivity index (χ0n) is 12.8. The van der Waals surface area contributed by atoms with E-state index in [9.17, 15) is 23.6 Å². The number of alkyl halides is 1. The number of carbonyl (C=O) groups excluding carboxylic acids is 3. The van der Waals surface area contributed by atoms with Crippen LogP contribution in [-0.4, -0.2) is 70.4 Å². The van der Waals surface area contributed by atoms with E-state index in [4.69, 9.17) is 10.8 Å². The van der Waals surface area contributed by atoms with E-state index in [1.165, 1.54) is 6.08 Å². The van der Waals surface area contributed by atoms with Crippen molar-refractivity contribution in [3.8, 4) is 0 Å². The van der Waals surface area contributed by atoms with E-state index in [-0.39, 0.29) is 19.5 Å². The SMILES string of the molecule is CC1=C[C@@H]2CN(C(=O)N2O[C@@H](F)C(=O)O)[C@@H]1C(=O)NCCC(N)=O. The molecule has 0 aliphatic carbocycles. The summed E-state index contributed by atoms with van der Waals surface area (Å²) in [7, 11) is 0. The average Bonchev–Trinajstić information content (AvgIpc) is 2.72. The lowest BCUT2D eigenvalue weighted by atomic mass is 10.00. The molecule has 1 saturated heterocycles. The van der Waals surface area contributed by atoms with Gasteiger partial charge < -0.3 is 21.1 Å². The smallest absolute Gasteiger partial charge is 0.368 e. The number of halogens is 1. The molecule has 2 bridgehead atoms. The molecular formula is C13H17FN4O6. The molecule has 0 unspecified atom stereocenters. The second-order valence-corrected chi connectivity index (χ2v) is 5.41. The Labute approximate surface area is 136 Å². The lowest BCUT2D eigenvalue weighted by Gasteiger charge is -2.29. The highest BCUT2D eigenvalue weighted by molar-refractivity contribution is 5.91. The Balaban J connectivity index is 2.08. The average molecular weight is 344 g/mol. The van der Waals surface area contributed by atoms with E-state index in [0.717, 1.165) is 4.90 Å². The number of carboxylic acid groups (broad SMARTS) is 1. The number of rotatable bonds is 7. The fourth-order valence-electron chi connectivity index (χ4n) is 2.62. The monoisotopic (exact) mass is 344 g/mol. The van der Waals surface area contributed by atoms with Crippen molar-refractivity contribution in [2.75, 3.05) is 13.1 Å². The third-order valence-electron chi connectivity index (χ3n) is 3.64. The quantitative estimate of drug-likeness (QED) is 0.491. The fourth-order valence-corrected chi connectivity index (χ4v) is 2.62. The van der Waals surface area contributed by atoms with Crippen LogP contribution >= 0.6 is 0 Å². The normalized spacial score (nSPS) is 23.8. The number of urea groups is 1. The van der Waals surface area contributed by atoms with Crippen LogP contribution in [0.25, 0.3) is 0 Å². The van der Waals surface area contributed by atoms with Crippen LogP contribution in [0.2, 0.25) is 0 Å². The minimum atomic E-state index is -2.69. The molecule has 0 radical (unpaired) electrons. The molecule has 132 valence electrons. The van der Waals surface area contributed by atoms with E-state index in [0.29, 0.717) is 10.6 Å². The molecule has 3 atom stereocenters. The Bertz CT molecular complexity index is 609. The zero-order valence-corrected chi connectivity index (χ0v) is 12.8. The Morgan fingerprint density at radius 2 is 2.21 bits per heavy atom. The molecule has 2 aliphatic rings. The molecular weight excluding hydrogens is 327 g/mol. The second kappa shape index (κ2) is 6.83. The van der Waals surface area contributed by atoms with Crippen molar-refractivity contribution in [1.82, 2.24) is 15.3 Å². The number of nitrogens with zero attached hydrogens (tertiary/aromatic N) is 2. The van der Waals surface area contributed by atoms with Crippen molar-refractivity contribution in [3.05, 3.63) is 11.6 Å². The van der Waals surface area contributed by atoms with E-state index in [1.807, 2.05) is 0 Å². The van der Waals surface area contributed by atoms with Crippen LogP contribution < -0.4 is 11.1 Å². The number of carboxylic acids is 1. The second-order valence-electron chi connectivity index (χ2n) is 5.41. The predicted octanol–water partition coefficient (Wildman–Crippen LogP) is -1.28. The largest absolute Gasteiger partial charge is 0.477 e. The Hall–Kier alpha value is -2.69. The van der Waals surface area contributed by atoms with Gasteiger partial charge in [0.2, 0.25) is 11.8 Å². The summed E-state index contributed by atoms with van der Waals surface area (Å²) in [4.78, 5) is 51.4. The number of hydrogen-bond donors (Lipinski definition) is 3. The maximum Gasteiger partial charge on any atom is 0.368 e. The lowest BCUT2D eigenvalue weighted by Crippen LogP contribution is -2.50. The minimum absolute atomic E-state index is 0.0230. The first-order valence-corrected chi connectivity index (χ1v) is 7.10. The highest BCUT2D eigenvalue weighted by Crippen LogP contribution is 2.30. The van der Waals surface area contributed by atoms with Gasteiger partial charge in [-0.1, -0.05) is 6.08 Å². The summed E-state index contributed by atoms with van der Waals surface area (Å²) in [6.45, 7) is 1.68. The van der Waals surface area contributed by atoms with Gasteiger partial charge in [-0.3, -0.25) is 9.59 Å². The highest BCUT2D eigenvalue weighted by Gasteiger charge is 2.48. The molecule has 2 heterocycles. The molecule has 10 nitrogen and oxygen atoms in total. The van der Waals surface area contributed by atoms with Gasteiger partial charge in [0, 0.05) is 13.0 Å². The minimum Gasteiger partial charge on any atom is -0.477 e. The highest BCUT2D eigenvalue weighted by atomic mass is 19.1. The van der Waals surface area contributed by atoms with Gasteiger partial charge in [0.25, 0.3) is 0 Å². The molecule has 11 heteroatoms. The Morgan fingerprint density at radius 1 is 1.54 bits per heavy atom. The number of hydroxylamine groups is 2. The standard InChI is InChI=1S/C13H17FN4O6/c1-6-4-7-5-17(9(6)11(20)16-3-2-8(15)19)13(23)18(7)24-10(14)12(21)22/h4,7,9-10H,2-3,5H2,1H3,(H2,15,19)(H,16,20)(H,21,22)/t7-,9+,10-/m1/s1. The van der Waals surface area contributed by atoms with Crippen molar-refractivity contribution >= 4 is 23.8 Å². The summed E-state index contributed by atoms with van der Waals surface area (Å²) in [6.07, 6.45) is -1.20. The van der Waals surface area contributed by atoms with Gasteiger partial charge in [-0.15, -0.1) is 0 Å². The van der Waals surface area contributed by atoms with E-state index in [2.05, 4.69) is 10.2 Å². The number of nitrogens with two attached hydrogens (primary N) is 1. The van der Waals surface area contributed by atoms with Gasteiger partial charge in [-0.25, -0.2) is 18.8 Å². The Morgan fingerprint density at radius 3 is 2.79 bits per heavy atom. The maximum absolute atomic E-state index is 13.2. The van der Waals surface area contributed by atoms with Crippen molar-refractivity contribution in [2.24, 2.45) is 5.73 Å². The van der Waals surface area contributed by atoms with Crippen LogP contribution in [0.4, 0.5) is 9.18 Å². The zero-order chi connectivity index (χ0) is 18.0. The maximum atomic E-state index is 13.2. The first-order valence-electron chi connectivity index (χ1n) is 7.10. The van der Waals surface area contributed by atoms with Crippen molar-refractivity contribution in [1.29, 1.82) is 0 Å². The number of carbonyl (C=O) groups is 4. The molecule has 1 fully saturated rings. The molecule has 0 aromatic rings. The summed E-state index contributed by atoms with van der Waals surface area (Å²) in [5.41, 5.74) is 5.50. The summed E-state index contributed by atoms with van der Waals surface area (Å²) in [5.74, 6) is -2.96. The molecule has 2 rings (SSSR count). The fraction of sp³-hybridized carbons (Fsp3) is 0.538. The van der Waals surface area contributed by atoms with Crippen LogP contribution in [0.1, 0.15) is 13.3 Å². The van der Waals surface area contributed by atoms with E-state index >= 15 is 0 Å². The summed E-state index contributed by atoms with van der Waals surface area (Å²) >= 11 is 0. The molecule has 0 saturated carbocycles. The number of aliphatic carboxylic acids is 1. The van der Waals surface area contributed by atoms with Gasteiger partial charge in [0.1, 0.15) is 6.04 Å². The van der Waals surface area contributed by atoms with Crippen LogP contribution in [0, 0.1) is 0 Å². The van der Waals surface area contributed by atoms with Crippen LogP contribution in [0.3, 0.4) is 0 Å². The molecule has 4 N–H and O–H groups in total. The lowest BCUT2D eigenvalue weighted by molar-refractivity contribution is -0.219. The summed E-state index contributed by atoms with van der Waals surface area (Å²) in [6, 6.07) is -2.45. The van der Waals surface area contributed by atoms with E-state index in [1.54, 1.807) is 6.92 Å². The van der Waals surface area contributed by atoms with Gasteiger partial charge in [-0.2, -0.15) is 5.06 Å². The van der Waals surface area contributed by atoms with E-state index < -0.39 is 42.3 Å². The Kier molecular flexibility index (Phi) is 5.02. The number of hydrogen-bond acceptors (Lipinski definition) is 5. The number of primary amides is 1. The number of fused-ring (bicyclic) bond motifs is 2. The summed E-state index contributed by atoms with van der Waals surface area (Å²) in [5, 5.41) is 11.6. The third-order valence-corrected chi connectivity index (χ3v) is 3.64. The topological polar surface area (TPSA) is 142 Å². The molecule has 0 spiro atoms. The van der Waals surface area contributed by atoms with Crippen molar-refractivity contribution < 1.29 is 33.5 Å². The molecule has 0 aromatic carbocycles. The first kappa shape index (κ1) is 17.7. The van der Waals surface area contributed by atoms with Gasteiger partial charge in [0.05, 0.1) is 12.6 Å². The van der Waals surface area contributed by atoms with Gasteiger partial charge in [0.15, 0.2) is 0 Å². The molecule has 4 amide bonds. The molecule has 2 aliphatic heterocycles. The third kappa shape index (κ3) is 3.45. The molecule has 0 aromatic heterocycles.